The summed E-state index contributed by atoms with van der Waals surface area (Å²) in [7, 11) is 0. The maximum atomic E-state index is 10.3. The van der Waals surface area contributed by atoms with E-state index in [1.807, 2.05) is 6.92 Å². The molecule has 0 amide bonds. The number of nitrogens with two attached hydrogens (primary N) is 1. The highest BCUT2D eigenvalue weighted by Gasteiger charge is 2.16. The fourth-order valence-electron chi connectivity index (χ4n) is 0.578. The van der Waals surface area contributed by atoms with Crippen molar-refractivity contribution in [3.8, 4) is 0 Å². The fourth-order valence-corrected chi connectivity index (χ4v) is 0.578. The molecule has 0 saturated heterocycles. The molecule has 0 aliphatic carbocycles. The van der Waals surface area contributed by atoms with E-state index < -0.39 is 18.6 Å². The van der Waals surface area contributed by atoms with Crippen LogP contribution < -0.4 is 11.1 Å². The van der Waals surface area contributed by atoms with E-state index >= 15 is 0 Å². The van der Waals surface area contributed by atoms with Crippen LogP contribution in [0.3, 0.4) is 0 Å². The molecule has 11 heavy (non-hydrogen) atoms. The standard InChI is InChI=1S/C6H14N2O3/c1-2-5(7)8-4(3-9)6(10)11/h4-5,8-9H,2-3,7H2,1H3,(H,10,11). The molecule has 0 heterocycles. The molecule has 2 atom stereocenters. The first-order valence-electron chi connectivity index (χ1n) is 3.47. The smallest absolute Gasteiger partial charge is 0.323 e. The maximum Gasteiger partial charge on any atom is 0.323 e. The molecule has 5 nitrogen and oxygen atoms in total. The Bertz CT molecular complexity index is 129. The predicted octanol–water partition coefficient (Wildman–Crippen LogP) is -1.28. The normalized spacial score (nSPS) is 15.9. The zero-order valence-corrected chi connectivity index (χ0v) is 6.45. The first kappa shape index (κ1) is 10.3. The van der Waals surface area contributed by atoms with Crippen molar-refractivity contribution in [1.29, 1.82) is 0 Å². The summed E-state index contributed by atoms with van der Waals surface area (Å²) in [6.07, 6.45) is 0.257. The van der Waals surface area contributed by atoms with E-state index in [9.17, 15) is 4.79 Å². The van der Waals surface area contributed by atoms with Crippen LogP contribution in [0.25, 0.3) is 0 Å². The highest BCUT2D eigenvalue weighted by molar-refractivity contribution is 5.73. The molecule has 0 aromatic carbocycles. The van der Waals surface area contributed by atoms with Gasteiger partial charge in [-0.15, -0.1) is 0 Å². The molecule has 66 valence electrons. The summed E-state index contributed by atoms with van der Waals surface area (Å²) in [5.74, 6) is -1.09. The summed E-state index contributed by atoms with van der Waals surface area (Å²) in [5.41, 5.74) is 5.40. The molecule has 0 radical (unpaired) electrons. The van der Waals surface area contributed by atoms with Gasteiger partial charge in [-0.05, 0) is 6.42 Å². The molecule has 0 spiro atoms. The minimum atomic E-state index is -1.09. The van der Waals surface area contributed by atoms with Crippen molar-refractivity contribution in [2.45, 2.75) is 25.6 Å². The fraction of sp³-hybridized carbons (Fsp3) is 0.833. The van der Waals surface area contributed by atoms with Gasteiger partial charge in [0.25, 0.3) is 0 Å². The van der Waals surface area contributed by atoms with Crippen LogP contribution in [-0.4, -0.2) is 35.0 Å². The van der Waals surface area contributed by atoms with Gasteiger partial charge in [0.05, 0.1) is 12.8 Å². The van der Waals surface area contributed by atoms with Crippen LogP contribution in [-0.2, 0) is 4.79 Å². The Morgan fingerprint density at radius 1 is 1.73 bits per heavy atom. The number of carbonyl (C=O) groups is 1. The number of carboxylic acid groups (broad SMARTS) is 1. The van der Waals surface area contributed by atoms with Gasteiger partial charge < -0.3 is 15.9 Å². The van der Waals surface area contributed by atoms with Gasteiger partial charge in [-0.25, -0.2) is 0 Å². The third-order valence-electron chi connectivity index (χ3n) is 1.34. The second-order valence-corrected chi connectivity index (χ2v) is 2.25. The van der Waals surface area contributed by atoms with E-state index in [0.29, 0.717) is 6.42 Å². The number of nitrogens with one attached hydrogen (secondary N) is 1. The van der Waals surface area contributed by atoms with Crippen LogP contribution in [0.5, 0.6) is 0 Å². The van der Waals surface area contributed by atoms with Crippen LogP contribution in [0.4, 0.5) is 0 Å². The molecule has 0 aromatic heterocycles. The van der Waals surface area contributed by atoms with Crippen LogP contribution in [0.1, 0.15) is 13.3 Å². The quantitative estimate of drug-likeness (QED) is 0.377. The predicted molar refractivity (Wildman–Crippen MR) is 39.9 cm³/mol. The highest BCUT2D eigenvalue weighted by atomic mass is 16.4. The van der Waals surface area contributed by atoms with Crippen molar-refractivity contribution < 1.29 is 15.0 Å². The summed E-state index contributed by atoms with van der Waals surface area (Å²) < 4.78 is 0. The Kier molecular flexibility index (Phi) is 4.76. The van der Waals surface area contributed by atoms with Crippen molar-refractivity contribution in [3.63, 3.8) is 0 Å². The molecule has 0 aliphatic heterocycles. The maximum absolute atomic E-state index is 10.3. The molecule has 0 aromatic rings. The van der Waals surface area contributed by atoms with Crippen molar-refractivity contribution >= 4 is 5.97 Å². The summed E-state index contributed by atoms with van der Waals surface area (Å²) in [5, 5.41) is 19.5. The summed E-state index contributed by atoms with van der Waals surface area (Å²) >= 11 is 0. The first-order chi connectivity index (χ1) is 5.11. The third-order valence-corrected chi connectivity index (χ3v) is 1.34. The zero-order chi connectivity index (χ0) is 8.85. The molecular formula is C6H14N2O3. The molecule has 0 bridgehead atoms. The molecule has 5 heteroatoms. The summed E-state index contributed by atoms with van der Waals surface area (Å²) in [6, 6.07) is -0.954. The average molecular weight is 162 g/mol. The molecule has 2 unspecified atom stereocenters. The Balaban J connectivity index is 3.77. The van der Waals surface area contributed by atoms with Crippen LogP contribution >= 0.6 is 0 Å². The number of carboxylic acids is 1. The number of rotatable bonds is 5. The Morgan fingerprint density at radius 2 is 2.27 bits per heavy atom. The number of aliphatic hydroxyl groups is 1. The second kappa shape index (κ2) is 5.06. The number of hydrogen-bond acceptors (Lipinski definition) is 4. The van der Waals surface area contributed by atoms with Crippen LogP contribution in [0.2, 0.25) is 0 Å². The van der Waals surface area contributed by atoms with Gasteiger partial charge in [0, 0.05) is 0 Å². The van der Waals surface area contributed by atoms with Crippen molar-refractivity contribution in [1.82, 2.24) is 5.32 Å². The van der Waals surface area contributed by atoms with E-state index in [4.69, 9.17) is 15.9 Å². The molecule has 0 aliphatic rings. The van der Waals surface area contributed by atoms with Crippen molar-refractivity contribution in [2.24, 2.45) is 5.73 Å². The topological polar surface area (TPSA) is 95.6 Å². The van der Waals surface area contributed by atoms with Gasteiger partial charge >= 0.3 is 5.97 Å². The Labute approximate surface area is 65.2 Å². The number of aliphatic carboxylic acids is 1. The van der Waals surface area contributed by atoms with Crippen LogP contribution in [0.15, 0.2) is 0 Å². The zero-order valence-electron chi connectivity index (χ0n) is 6.45. The SMILES string of the molecule is CCC(N)NC(CO)C(=O)O. The van der Waals surface area contributed by atoms with Gasteiger partial charge in [-0.3, -0.25) is 10.1 Å². The highest BCUT2D eigenvalue weighted by Crippen LogP contribution is 1.86. The van der Waals surface area contributed by atoms with E-state index in [0.717, 1.165) is 0 Å². The molecule has 0 rings (SSSR count). The molecule has 0 fully saturated rings. The lowest BCUT2D eigenvalue weighted by atomic mass is 10.3. The molecule has 0 saturated carbocycles. The van der Waals surface area contributed by atoms with Gasteiger partial charge in [0.15, 0.2) is 0 Å². The van der Waals surface area contributed by atoms with Crippen LogP contribution in [0, 0.1) is 0 Å². The largest absolute Gasteiger partial charge is 0.480 e. The van der Waals surface area contributed by atoms with E-state index in [-0.39, 0.29) is 6.17 Å². The van der Waals surface area contributed by atoms with Gasteiger partial charge in [-0.2, -0.15) is 0 Å². The number of aliphatic hydroxyl groups excluding tert-OH is 1. The van der Waals surface area contributed by atoms with E-state index in [1.165, 1.54) is 0 Å². The van der Waals surface area contributed by atoms with Crippen molar-refractivity contribution in [2.75, 3.05) is 6.61 Å². The lowest BCUT2D eigenvalue weighted by Gasteiger charge is -2.16. The first-order valence-corrected chi connectivity index (χ1v) is 3.47. The Morgan fingerprint density at radius 3 is 2.55 bits per heavy atom. The average Bonchev–Trinajstić information content (AvgIpc) is 1.99. The lowest BCUT2D eigenvalue weighted by molar-refractivity contribution is -0.140. The lowest BCUT2D eigenvalue weighted by Crippen LogP contribution is -2.49. The minimum absolute atomic E-state index is 0.372. The van der Waals surface area contributed by atoms with E-state index in [1.54, 1.807) is 0 Å². The van der Waals surface area contributed by atoms with E-state index in [2.05, 4.69) is 5.32 Å². The monoisotopic (exact) mass is 162 g/mol. The molecular weight excluding hydrogens is 148 g/mol. The minimum Gasteiger partial charge on any atom is -0.480 e. The van der Waals surface area contributed by atoms with Gasteiger partial charge in [0.1, 0.15) is 6.04 Å². The Hall–Kier alpha value is -0.650. The molecule has 5 N–H and O–H groups in total. The van der Waals surface area contributed by atoms with Gasteiger partial charge in [-0.1, -0.05) is 6.92 Å². The summed E-state index contributed by atoms with van der Waals surface area (Å²) in [4.78, 5) is 10.3. The van der Waals surface area contributed by atoms with Crippen molar-refractivity contribution in [3.05, 3.63) is 0 Å². The third kappa shape index (κ3) is 3.92. The summed E-state index contributed by atoms with van der Waals surface area (Å²) in [6.45, 7) is 1.39. The number of hydrogen-bond donors (Lipinski definition) is 4. The van der Waals surface area contributed by atoms with Gasteiger partial charge in [0.2, 0.25) is 0 Å². The second-order valence-electron chi connectivity index (χ2n) is 2.25.